The number of nitrogens with two attached hydrogens (primary N) is 1. The molecule has 124 valence electrons. The van der Waals surface area contributed by atoms with Crippen molar-refractivity contribution in [3.63, 3.8) is 0 Å². The first-order valence-corrected chi connectivity index (χ1v) is 8.90. The summed E-state index contributed by atoms with van der Waals surface area (Å²) in [7, 11) is 0. The van der Waals surface area contributed by atoms with Crippen molar-refractivity contribution in [1.82, 2.24) is 9.88 Å². The number of benzene rings is 1. The normalized spacial score (nSPS) is 23.2. The summed E-state index contributed by atoms with van der Waals surface area (Å²) in [5.74, 6) is 0.419. The third-order valence-electron chi connectivity index (χ3n) is 4.40. The summed E-state index contributed by atoms with van der Waals surface area (Å²) in [5, 5.41) is 10.5. The number of likely N-dealkylation sites (tertiary alicyclic amines) is 1. The number of hydrogen-bond donors (Lipinski definition) is 2. The first kappa shape index (κ1) is 16.2. The third-order valence-corrected chi connectivity index (χ3v) is 5.46. The molecule has 3 rings (SSSR count). The molecule has 1 aliphatic rings. The number of rotatable bonds is 3. The lowest BCUT2D eigenvalue weighted by molar-refractivity contribution is 0.0900. The molecule has 1 amide bonds. The predicted molar refractivity (Wildman–Crippen MR) is 92.8 cm³/mol. The van der Waals surface area contributed by atoms with E-state index in [0.29, 0.717) is 12.5 Å². The van der Waals surface area contributed by atoms with Crippen LogP contribution in [-0.2, 0) is 6.42 Å². The second-order valence-electron chi connectivity index (χ2n) is 6.65. The standard InChI is InChI=1S/C17H23N3O2S/c1-10-3-5-14(20(9-10)17(21)22)12-4-6-15-13(8-12)19-16(23-15)7-11(2)18/h4,6,8,10-11,14H,3,5,7,9,18H2,1-2H3,(H,21,22)/t10-,11-,14+/m0/s1. The number of carboxylic acid groups (broad SMARTS) is 1. The highest BCUT2D eigenvalue weighted by Crippen LogP contribution is 2.35. The van der Waals surface area contributed by atoms with Crippen molar-refractivity contribution < 1.29 is 9.90 Å². The molecule has 0 radical (unpaired) electrons. The second-order valence-corrected chi connectivity index (χ2v) is 7.76. The fraction of sp³-hybridized carbons (Fsp3) is 0.529. The molecule has 6 heteroatoms. The van der Waals surface area contributed by atoms with E-state index in [1.165, 1.54) is 0 Å². The topological polar surface area (TPSA) is 79.5 Å². The van der Waals surface area contributed by atoms with Crippen LogP contribution in [0.1, 0.15) is 43.3 Å². The van der Waals surface area contributed by atoms with Gasteiger partial charge in [-0.05, 0) is 43.4 Å². The maximum atomic E-state index is 11.6. The molecule has 0 unspecified atom stereocenters. The van der Waals surface area contributed by atoms with Gasteiger partial charge in [-0.25, -0.2) is 9.78 Å². The molecule has 3 atom stereocenters. The zero-order chi connectivity index (χ0) is 16.6. The molecular weight excluding hydrogens is 310 g/mol. The Morgan fingerprint density at radius 1 is 1.52 bits per heavy atom. The number of piperidine rings is 1. The SMILES string of the molecule is C[C@H]1CC[C@H](c2ccc3sc(C[C@H](C)N)nc3c2)N(C(=O)O)C1. The highest BCUT2D eigenvalue weighted by atomic mass is 32.1. The molecule has 2 heterocycles. The maximum Gasteiger partial charge on any atom is 0.407 e. The molecule has 2 aromatic rings. The molecule has 1 fully saturated rings. The summed E-state index contributed by atoms with van der Waals surface area (Å²) in [6.45, 7) is 4.69. The van der Waals surface area contributed by atoms with E-state index in [-0.39, 0.29) is 12.1 Å². The van der Waals surface area contributed by atoms with Crippen LogP contribution < -0.4 is 5.73 Å². The molecular formula is C17H23N3O2S. The minimum atomic E-state index is -0.836. The zero-order valence-electron chi connectivity index (χ0n) is 13.5. The van der Waals surface area contributed by atoms with E-state index in [9.17, 15) is 9.90 Å². The average molecular weight is 333 g/mol. The molecule has 5 nitrogen and oxygen atoms in total. The second kappa shape index (κ2) is 6.45. The van der Waals surface area contributed by atoms with E-state index in [4.69, 9.17) is 5.73 Å². The lowest BCUT2D eigenvalue weighted by Crippen LogP contribution is -2.40. The Balaban J connectivity index is 1.91. The Bertz CT molecular complexity index is 713. The van der Waals surface area contributed by atoms with Gasteiger partial charge in [-0.2, -0.15) is 0 Å². The smallest absolute Gasteiger partial charge is 0.407 e. The van der Waals surface area contributed by atoms with Crippen molar-refractivity contribution in [3.8, 4) is 0 Å². The van der Waals surface area contributed by atoms with Crippen LogP contribution in [0.15, 0.2) is 18.2 Å². The predicted octanol–water partition coefficient (Wildman–Crippen LogP) is 3.64. The van der Waals surface area contributed by atoms with Crippen LogP contribution in [0.5, 0.6) is 0 Å². The molecule has 23 heavy (non-hydrogen) atoms. The molecule has 0 aliphatic carbocycles. The van der Waals surface area contributed by atoms with Crippen LogP contribution in [0.2, 0.25) is 0 Å². The molecule has 1 aliphatic heterocycles. The van der Waals surface area contributed by atoms with Gasteiger partial charge in [0.2, 0.25) is 0 Å². The quantitative estimate of drug-likeness (QED) is 0.899. The lowest BCUT2D eigenvalue weighted by Gasteiger charge is -2.37. The van der Waals surface area contributed by atoms with Crippen LogP contribution in [0.4, 0.5) is 4.79 Å². The summed E-state index contributed by atoms with van der Waals surface area (Å²) < 4.78 is 1.13. The number of amides is 1. The number of aromatic nitrogens is 1. The highest BCUT2D eigenvalue weighted by molar-refractivity contribution is 7.18. The van der Waals surface area contributed by atoms with Gasteiger partial charge in [-0.15, -0.1) is 11.3 Å². The van der Waals surface area contributed by atoms with E-state index in [0.717, 1.165) is 40.1 Å². The van der Waals surface area contributed by atoms with Gasteiger partial charge >= 0.3 is 6.09 Å². The average Bonchev–Trinajstić information content (AvgIpc) is 2.87. The van der Waals surface area contributed by atoms with Gasteiger partial charge in [0.15, 0.2) is 0 Å². The fourth-order valence-corrected chi connectivity index (χ4v) is 4.36. The summed E-state index contributed by atoms with van der Waals surface area (Å²) in [6.07, 6.45) is 1.86. The van der Waals surface area contributed by atoms with Crippen LogP contribution in [0.3, 0.4) is 0 Å². The molecule has 1 aromatic carbocycles. The van der Waals surface area contributed by atoms with Crippen molar-refractivity contribution in [1.29, 1.82) is 0 Å². The number of carbonyl (C=O) groups is 1. The Morgan fingerprint density at radius 2 is 2.30 bits per heavy atom. The maximum absolute atomic E-state index is 11.6. The van der Waals surface area contributed by atoms with Gasteiger partial charge in [0.1, 0.15) is 0 Å². The molecule has 1 aromatic heterocycles. The molecule has 0 saturated carbocycles. The van der Waals surface area contributed by atoms with E-state index in [1.54, 1.807) is 16.2 Å². The Morgan fingerprint density at radius 3 is 3.00 bits per heavy atom. The van der Waals surface area contributed by atoms with Gasteiger partial charge in [0.05, 0.1) is 21.3 Å². The van der Waals surface area contributed by atoms with Crippen molar-refractivity contribution in [2.24, 2.45) is 11.7 Å². The monoisotopic (exact) mass is 333 g/mol. The Hall–Kier alpha value is -1.66. The molecule has 1 saturated heterocycles. The van der Waals surface area contributed by atoms with Crippen molar-refractivity contribution >= 4 is 27.6 Å². The van der Waals surface area contributed by atoms with Crippen LogP contribution >= 0.6 is 11.3 Å². The van der Waals surface area contributed by atoms with Crippen LogP contribution in [0.25, 0.3) is 10.2 Å². The number of fused-ring (bicyclic) bond motifs is 1. The molecule has 3 N–H and O–H groups in total. The van der Waals surface area contributed by atoms with E-state index in [2.05, 4.69) is 18.0 Å². The molecule has 0 bridgehead atoms. The summed E-state index contributed by atoms with van der Waals surface area (Å²) in [6, 6.07) is 6.19. The van der Waals surface area contributed by atoms with Crippen molar-refractivity contribution in [3.05, 3.63) is 28.8 Å². The summed E-state index contributed by atoms with van der Waals surface area (Å²) in [4.78, 5) is 17.8. The van der Waals surface area contributed by atoms with E-state index >= 15 is 0 Å². The minimum absolute atomic E-state index is 0.0633. The zero-order valence-corrected chi connectivity index (χ0v) is 14.3. The summed E-state index contributed by atoms with van der Waals surface area (Å²) in [5.41, 5.74) is 7.85. The van der Waals surface area contributed by atoms with Gasteiger partial charge < -0.3 is 15.7 Å². The lowest BCUT2D eigenvalue weighted by atomic mass is 9.90. The summed E-state index contributed by atoms with van der Waals surface area (Å²) >= 11 is 1.67. The van der Waals surface area contributed by atoms with Gasteiger partial charge in [-0.3, -0.25) is 0 Å². The van der Waals surface area contributed by atoms with Gasteiger partial charge in [0, 0.05) is 19.0 Å². The largest absolute Gasteiger partial charge is 0.465 e. The Kier molecular flexibility index (Phi) is 4.55. The highest BCUT2D eigenvalue weighted by Gasteiger charge is 2.31. The fourth-order valence-electron chi connectivity index (χ4n) is 3.27. The molecule has 0 spiro atoms. The van der Waals surface area contributed by atoms with Gasteiger partial charge in [0.25, 0.3) is 0 Å². The van der Waals surface area contributed by atoms with Crippen molar-refractivity contribution in [2.45, 2.75) is 45.2 Å². The van der Waals surface area contributed by atoms with Crippen LogP contribution in [-0.4, -0.2) is 33.7 Å². The van der Waals surface area contributed by atoms with E-state index in [1.807, 2.05) is 19.1 Å². The third kappa shape index (κ3) is 3.48. The van der Waals surface area contributed by atoms with Crippen molar-refractivity contribution in [2.75, 3.05) is 6.54 Å². The van der Waals surface area contributed by atoms with Crippen LogP contribution in [0, 0.1) is 5.92 Å². The Labute approximate surface area is 140 Å². The van der Waals surface area contributed by atoms with Gasteiger partial charge in [-0.1, -0.05) is 13.0 Å². The number of hydrogen-bond acceptors (Lipinski definition) is 4. The van der Waals surface area contributed by atoms with E-state index < -0.39 is 6.09 Å². The minimum Gasteiger partial charge on any atom is -0.465 e. The first-order valence-electron chi connectivity index (χ1n) is 8.08. The first-order chi connectivity index (χ1) is 10.9. The number of nitrogens with zero attached hydrogens (tertiary/aromatic N) is 2. The number of thiazole rings is 1.